The highest BCUT2D eigenvalue weighted by Gasteiger charge is 2.36. The van der Waals surface area contributed by atoms with Crippen molar-refractivity contribution in [3.8, 4) is 0 Å². The molecule has 2 aromatic rings. The van der Waals surface area contributed by atoms with Gasteiger partial charge in [-0.25, -0.2) is 12.7 Å². The first kappa shape index (κ1) is 16.2. The van der Waals surface area contributed by atoms with Crippen molar-refractivity contribution in [2.24, 2.45) is 0 Å². The van der Waals surface area contributed by atoms with Crippen LogP contribution in [0.1, 0.15) is 16.8 Å². The molecule has 6 nitrogen and oxygen atoms in total. The third kappa shape index (κ3) is 2.90. The number of amides is 2. The molecule has 1 heterocycles. The molecule has 3 rings (SSSR count). The van der Waals surface area contributed by atoms with E-state index in [2.05, 4.69) is 0 Å². The Kier molecular flexibility index (Phi) is 4.11. The molecule has 1 aliphatic heterocycles. The molecule has 1 saturated heterocycles. The van der Waals surface area contributed by atoms with E-state index in [9.17, 15) is 18.0 Å². The lowest BCUT2D eigenvalue weighted by Crippen LogP contribution is -2.29. The van der Waals surface area contributed by atoms with E-state index >= 15 is 0 Å². The second-order valence-corrected chi connectivity index (χ2v) is 7.41. The molecule has 0 aliphatic carbocycles. The number of carbonyl (C=O) groups is 2. The quantitative estimate of drug-likeness (QED) is 0.854. The lowest BCUT2D eigenvalue weighted by atomic mass is 10.1. The predicted octanol–water partition coefficient (Wildman–Crippen LogP) is 2.03. The normalized spacial score (nSPS) is 16.2. The van der Waals surface area contributed by atoms with E-state index in [1.807, 2.05) is 30.3 Å². The molecule has 0 aromatic heterocycles. The third-order valence-electron chi connectivity index (χ3n) is 3.88. The summed E-state index contributed by atoms with van der Waals surface area (Å²) in [5, 5.41) is 0. The van der Waals surface area contributed by atoms with Gasteiger partial charge in [0.2, 0.25) is 15.9 Å². The molecule has 0 radical (unpaired) electrons. The van der Waals surface area contributed by atoms with Crippen LogP contribution in [-0.4, -0.2) is 33.0 Å². The molecule has 7 heteroatoms. The molecule has 1 aliphatic rings. The second-order valence-electron chi connectivity index (χ2n) is 5.47. The topological polar surface area (TPSA) is 74.8 Å². The standard InChI is InChI=1S/C17H16N2O4S/c1-18(14-5-3-2-4-6-14)17(21)13-7-9-15(10-8-13)19-16(20)11-12-24(19,22)23/h2-10H,11-12H2,1H3. The molecule has 24 heavy (non-hydrogen) atoms. The van der Waals surface area contributed by atoms with Crippen LogP contribution in [0.2, 0.25) is 0 Å². The highest BCUT2D eigenvalue weighted by molar-refractivity contribution is 7.94. The Morgan fingerprint density at radius 1 is 1.04 bits per heavy atom. The van der Waals surface area contributed by atoms with Gasteiger partial charge in [0.1, 0.15) is 0 Å². The molecule has 0 spiro atoms. The van der Waals surface area contributed by atoms with Crippen LogP contribution >= 0.6 is 0 Å². The van der Waals surface area contributed by atoms with Crippen LogP contribution in [0.4, 0.5) is 11.4 Å². The van der Waals surface area contributed by atoms with Gasteiger partial charge in [-0.05, 0) is 36.4 Å². The first-order valence-corrected chi connectivity index (χ1v) is 9.00. The van der Waals surface area contributed by atoms with Gasteiger partial charge in [-0.2, -0.15) is 0 Å². The molecule has 2 amide bonds. The van der Waals surface area contributed by atoms with Crippen molar-refractivity contribution in [2.75, 3.05) is 22.0 Å². The highest BCUT2D eigenvalue weighted by atomic mass is 32.2. The zero-order valence-electron chi connectivity index (χ0n) is 13.0. The Balaban J connectivity index is 1.85. The number of benzene rings is 2. The smallest absolute Gasteiger partial charge is 0.258 e. The molecule has 0 bridgehead atoms. The van der Waals surface area contributed by atoms with Crippen LogP contribution in [-0.2, 0) is 14.8 Å². The Bertz CT molecular complexity index is 877. The summed E-state index contributed by atoms with van der Waals surface area (Å²) in [6.45, 7) is 0. The summed E-state index contributed by atoms with van der Waals surface area (Å²) in [5.74, 6) is -0.845. The minimum Gasteiger partial charge on any atom is -0.311 e. The molecule has 0 atom stereocenters. The number of hydrogen-bond donors (Lipinski definition) is 0. The molecular formula is C17H16N2O4S. The minimum atomic E-state index is -3.59. The summed E-state index contributed by atoms with van der Waals surface area (Å²) in [5.41, 5.74) is 1.43. The summed E-state index contributed by atoms with van der Waals surface area (Å²) in [6.07, 6.45) is -0.0141. The van der Waals surface area contributed by atoms with Crippen LogP contribution < -0.4 is 9.21 Å². The summed E-state index contributed by atoms with van der Waals surface area (Å²) in [6, 6.07) is 15.2. The Labute approximate surface area is 140 Å². The maximum Gasteiger partial charge on any atom is 0.258 e. The van der Waals surface area contributed by atoms with Gasteiger partial charge in [-0.15, -0.1) is 0 Å². The molecule has 124 valence electrons. The van der Waals surface area contributed by atoms with E-state index in [0.717, 1.165) is 9.99 Å². The van der Waals surface area contributed by atoms with Crippen molar-refractivity contribution < 1.29 is 18.0 Å². The Morgan fingerprint density at radius 2 is 1.67 bits per heavy atom. The third-order valence-corrected chi connectivity index (χ3v) is 5.57. The molecular weight excluding hydrogens is 328 g/mol. The maximum absolute atomic E-state index is 12.5. The first-order chi connectivity index (χ1) is 11.4. The summed E-state index contributed by atoms with van der Waals surface area (Å²) in [7, 11) is -1.93. The van der Waals surface area contributed by atoms with Crippen molar-refractivity contribution in [1.29, 1.82) is 0 Å². The zero-order chi connectivity index (χ0) is 17.3. The monoisotopic (exact) mass is 344 g/mol. The average Bonchev–Trinajstić information content (AvgIpc) is 2.87. The Hall–Kier alpha value is -2.67. The molecule has 0 N–H and O–H groups in total. The molecule has 2 aromatic carbocycles. The van der Waals surface area contributed by atoms with Gasteiger partial charge >= 0.3 is 0 Å². The highest BCUT2D eigenvalue weighted by Crippen LogP contribution is 2.26. The SMILES string of the molecule is CN(C(=O)c1ccc(N2C(=O)CCS2(=O)=O)cc1)c1ccccc1. The van der Waals surface area contributed by atoms with Crippen molar-refractivity contribution in [3.05, 3.63) is 60.2 Å². The number of sulfonamides is 1. The van der Waals surface area contributed by atoms with Gasteiger partial charge in [0.15, 0.2) is 0 Å². The van der Waals surface area contributed by atoms with E-state index in [4.69, 9.17) is 0 Å². The van der Waals surface area contributed by atoms with Gasteiger partial charge in [0, 0.05) is 24.7 Å². The van der Waals surface area contributed by atoms with E-state index in [0.29, 0.717) is 5.56 Å². The predicted molar refractivity (Wildman–Crippen MR) is 91.5 cm³/mol. The number of hydrogen-bond acceptors (Lipinski definition) is 4. The van der Waals surface area contributed by atoms with E-state index in [1.165, 1.54) is 29.2 Å². The lowest BCUT2D eigenvalue weighted by molar-refractivity contribution is -0.116. The summed E-state index contributed by atoms with van der Waals surface area (Å²) in [4.78, 5) is 25.8. The van der Waals surface area contributed by atoms with E-state index in [1.54, 1.807) is 7.05 Å². The average molecular weight is 344 g/mol. The van der Waals surface area contributed by atoms with Gasteiger partial charge < -0.3 is 4.90 Å². The fourth-order valence-corrected chi connectivity index (χ4v) is 4.03. The van der Waals surface area contributed by atoms with Crippen LogP contribution in [0.15, 0.2) is 54.6 Å². The van der Waals surface area contributed by atoms with Gasteiger partial charge in [0.25, 0.3) is 5.91 Å². The second kappa shape index (κ2) is 6.09. The van der Waals surface area contributed by atoms with E-state index in [-0.39, 0.29) is 23.8 Å². The Morgan fingerprint density at radius 3 is 2.21 bits per heavy atom. The largest absolute Gasteiger partial charge is 0.311 e. The fraction of sp³-hybridized carbons (Fsp3) is 0.176. The van der Waals surface area contributed by atoms with Crippen LogP contribution in [0.3, 0.4) is 0 Å². The molecule has 0 saturated carbocycles. The fourth-order valence-electron chi connectivity index (χ4n) is 2.57. The van der Waals surface area contributed by atoms with Crippen molar-refractivity contribution in [1.82, 2.24) is 0 Å². The van der Waals surface area contributed by atoms with Gasteiger partial charge in [-0.1, -0.05) is 18.2 Å². The van der Waals surface area contributed by atoms with Crippen molar-refractivity contribution in [2.45, 2.75) is 6.42 Å². The molecule has 1 fully saturated rings. The van der Waals surface area contributed by atoms with Crippen molar-refractivity contribution >= 4 is 33.2 Å². The number of carbonyl (C=O) groups excluding carboxylic acids is 2. The van der Waals surface area contributed by atoms with Crippen LogP contribution in [0.5, 0.6) is 0 Å². The number of anilines is 2. The first-order valence-electron chi connectivity index (χ1n) is 7.39. The van der Waals surface area contributed by atoms with E-state index < -0.39 is 15.9 Å². The number of para-hydroxylation sites is 1. The van der Waals surface area contributed by atoms with Crippen molar-refractivity contribution in [3.63, 3.8) is 0 Å². The zero-order valence-corrected chi connectivity index (χ0v) is 13.9. The molecule has 0 unspecified atom stereocenters. The maximum atomic E-state index is 12.5. The number of rotatable bonds is 3. The summed E-state index contributed by atoms with van der Waals surface area (Å²) >= 11 is 0. The van der Waals surface area contributed by atoms with Gasteiger partial charge in [-0.3, -0.25) is 9.59 Å². The van der Waals surface area contributed by atoms with Crippen LogP contribution in [0, 0.1) is 0 Å². The minimum absolute atomic E-state index is 0.0141. The number of nitrogens with zero attached hydrogens (tertiary/aromatic N) is 2. The lowest BCUT2D eigenvalue weighted by Gasteiger charge is -2.18. The summed E-state index contributed by atoms with van der Waals surface area (Å²) < 4.78 is 24.6. The van der Waals surface area contributed by atoms with Gasteiger partial charge in [0.05, 0.1) is 11.4 Å². The van der Waals surface area contributed by atoms with Crippen LogP contribution in [0.25, 0.3) is 0 Å².